The van der Waals surface area contributed by atoms with Crippen molar-refractivity contribution < 1.29 is 13.2 Å². The summed E-state index contributed by atoms with van der Waals surface area (Å²) in [4.78, 5) is 12.6. The summed E-state index contributed by atoms with van der Waals surface area (Å²) in [6.07, 6.45) is 3.19. The first-order valence-corrected chi connectivity index (χ1v) is 10.9. The molecule has 0 fully saturated rings. The molecule has 0 saturated heterocycles. The van der Waals surface area contributed by atoms with Gasteiger partial charge in [0.2, 0.25) is 10.0 Å². The standard InChI is InChI=1S/C21H24N4O3S/c1-3-24(4-2)29(27,28)20-12-10-17(11-13-20)14-22-21(26)18-15-23-25(16-18)19-8-6-5-7-9-19/h5-13,15-16H,3-4,14H2,1-2H3,(H,22,26). The molecule has 0 aliphatic rings. The van der Waals surface area contributed by atoms with Crippen molar-refractivity contribution in [2.45, 2.75) is 25.3 Å². The second-order valence-electron chi connectivity index (χ2n) is 6.43. The van der Waals surface area contributed by atoms with Crippen molar-refractivity contribution in [2.24, 2.45) is 0 Å². The summed E-state index contributed by atoms with van der Waals surface area (Å²) in [6, 6.07) is 16.1. The maximum absolute atomic E-state index is 12.5. The Morgan fingerprint density at radius 1 is 1.03 bits per heavy atom. The normalized spacial score (nSPS) is 11.6. The molecule has 3 rings (SSSR count). The Balaban J connectivity index is 1.63. The van der Waals surface area contributed by atoms with E-state index in [9.17, 15) is 13.2 Å². The molecule has 0 aliphatic carbocycles. The Bertz CT molecular complexity index is 1060. The largest absolute Gasteiger partial charge is 0.348 e. The Morgan fingerprint density at radius 2 is 1.69 bits per heavy atom. The zero-order valence-corrected chi connectivity index (χ0v) is 17.3. The molecule has 3 aromatic rings. The van der Waals surface area contributed by atoms with E-state index >= 15 is 0 Å². The number of benzene rings is 2. The van der Waals surface area contributed by atoms with Crippen molar-refractivity contribution in [2.75, 3.05) is 13.1 Å². The number of amides is 1. The first-order chi connectivity index (χ1) is 14.0. The summed E-state index contributed by atoms with van der Waals surface area (Å²) < 4.78 is 28.1. The van der Waals surface area contributed by atoms with Crippen molar-refractivity contribution >= 4 is 15.9 Å². The van der Waals surface area contributed by atoms with Gasteiger partial charge in [0.1, 0.15) is 0 Å². The minimum atomic E-state index is -3.48. The molecule has 152 valence electrons. The smallest absolute Gasteiger partial charge is 0.254 e. The Labute approximate surface area is 171 Å². The molecule has 1 heterocycles. The number of hydrogen-bond donors (Lipinski definition) is 1. The molecule has 0 saturated carbocycles. The zero-order chi connectivity index (χ0) is 20.9. The van der Waals surface area contributed by atoms with Crippen LogP contribution in [0.25, 0.3) is 5.69 Å². The fraction of sp³-hybridized carbons (Fsp3) is 0.238. The minimum absolute atomic E-state index is 0.243. The average molecular weight is 413 g/mol. The van der Waals surface area contributed by atoms with Crippen LogP contribution in [0.4, 0.5) is 0 Å². The number of carbonyl (C=O) groups excluding carboxylic acids is 1. The predicted molar refractivity (Wildman–Crippen MR) is 111 cm³/mol. The van der Waals surface area contributed by atoms with Gasteiger partial charge in [-0.25, -0.2) is 13.1 Å². The van der Waals surface area contributed by atoms with Crippen LogP contribution in [0.15, 0.2) is 71.9 Å². The van der Waals surface area contributed by atoms with Crippen LogP contribution < -0.4 is 5.32 Å². The molecule has 29 heavy (non-hydrogen) atoms. The molecule has 2 aromatic carbocycles. The highest BCUT2D eigenvalue weighted by atomic mass is 32.2. The van der Waals surface area contributed by atoms with Crippen LogP contribution in [0.1, 0.15) is 29.8 Å². The lowest BCUT2D eigenvalue weighted by molar-refractivity contribution is 0.0951. The highest BCUT2D eigenvalue weighted by Crippen LogP contribution is 2.16. The number of aromatic nitrogens is 2. The van der Waals surface area contributed by atoms with Crippen molar-refractivity contribution in [3.05, 3.63) is 78.1 Å². The van der Waals surface area contributed by atoms with E-state index in [1.165, 1.54) is 10.5 Å². The SMILES string of the molecule is CCN(CC)S(=O)(=O)c1ccc(CNC(=O)c2cnn(-c3ccccc3)c2)cc1. The predicted octanol–water partition coefficient (Wildman–Crippen LogP) is 2.83. The lowest BCUT2D eigenvalue weighted by Crippen LogP contribution is -2.30. The fourth-order valence-corrected chi connectivity index (χ4v) is 4.40. The lowest BCUT2D eigenvalue weighted by atomic mass is 10.2. The number of hydrogen-bond acceptors (Lipinski definition) is 4. The number of para-hydroxylation sites is 1. The number of carbonyl (C=O) groups is 1. The molecule has 0 atom stereocenters. The van der Waals surface area contributed by atoms with Crippen LogP contribution >= 0.6 is 0 Å². The van der Waals surface area contributed by atoms with Crippen molar-refractivity contribution in [3.63, 3.8) is 0 Å². The van der Waals surface area contributed by atoms with Crippen LogP contribution in [0, 0.1) is 0 Å². The van der Waals surface area contributed by atoms with E-state index < -0.39 is 10.0 Å². The third-order valence-corrected chi connectivity index (χ3v) is 6.65. The van der Waals surface area contributed by atoms with E-state index in [1.807, 2.05) is 44.2 Å². The summed E-state index contributed by atoms with van der Waals surface area (Å²) in [5, 5.41) is 7.05. The van der Waals surface area contributed by atoms with Gasteiger partial charge >= 0.3 is 0 Å². The van der Waals surface area contributed by atoms with E-state index in [4.69, 9.17) is 0 Å². The first kappa shape index (κ1) is 20.8. The molecule has 7 nitrogen and oxygen atoms in total. The average Bonchev–Trinajstić information content (AvgIpc) is 3.24. The molecule has 0 unspecified atom stereocenters. The van der Waals surface area contributed by atoms with Gasteiger partial charge < -0.3 is 5.32 Å². The quantitative estimate of drug-likeness (QED) is 0.617. The maximum Gasteiger partial charge on any atom is 0.254 e. The van der Waals surface area contributed by atoms with Crippen LogP contribution in [0.5, 0.6) is 0 Å². The molecule has 0 bridgehead atoms. The van der Waals surface area contributed by atoms with Crippen molar-refractivity contribution in [1.29, 1.82) is 0 Å². The van der Waals surface area contributed by atoms with E-state index in [2.05, 4.69) is 10.4 Å². The molecule has 8 heteroatoms. The lowest BCUT2D eigenvalue weighted by Gasteiger charge is -2.18. The minimum Gasteiger partial charge on any atom is -0.348 e. The van der Waals surface area contributed by atoms with Gasteiger partial charge in [0, 0.05) is 25.8 Å². The Kier molecular flexibility index (Phi) is 6.46. The van der Waals surface area contributed by atoms with Gasteiger partial charge in [-0.3, -0.25) is 4.79 Å². The van der Waals surface area contributed by atoms with E-state index in [-0.39, 0.29) is 10.8 Å². The Hall–Kier alpha value is -2.97. The van der Waals surface area contributed by atoms with Crippen LogP contribution in [-0.4, -0.2) is 41.5 Å². The van der Waals surface area contributed by atoms with E-state index in [0.29, 0.717) is 25.2 Å². The number of rotatable bonds is 8. The fourth-order valence-electron chi connectivity index (χ4n) is 2.94. The summed E-state index contributed by atoms with van der Waals surface area (Å²) in [5.41, 5.74) is 2.14. The van der Waals surface area contributed by atoms with Crippen LogP contribution in [0.3, 0.4) is 0 Å². The maximum atomic E-state index is 12.5. The second-order valence-corrected chi connectivity index (χ2v) is 8.36. The van der Waals surface area contributed by atoms with Gasteiger partial charge in [-0.2, -0.15) is 9.40 Å². The van der Waals surface area contributed by atoms with Crippen molar-refractivity contribution in [1.82, 2.24) is 19.4 Å². The number of nitrogens with one attached hydrogen (secondary N) is 1. The van der Waals surface area contributed by atoms with Gasteiger partial charge in [0.15, 0.2) is 0 Å². The van der Waals surface area contributed by atoms with Crippen LogP contribution in [0.2, 0.25) is 0 Å². The highest BCUT2D eigenvalue weighted by molar-refractivity contribution is 7.89. The molecule has 1 aromatic heterocycles. The summed E-state index contributed by atoms with van der Waals surface area (Å²) in [5.74, 6) is -0.243. The number of nitrogens with zero attached hydrogens (tertiary/aromatic N) is 3. The van der Waals surface area contributed by atoms with E-state index in [1.54, 1.807) is 35.1 Å². The molecule has 1 amide bonds. The molecule has 0 spiro atoms. The van der Waals surface area contributed by atoms with Gasteiger partial charge in [-0.15, -0.1) is 0 Å². The summed E-state index contributed by atoms with van der Waals surface area (Å²) >= 11 is 0. The van der Waals surface area contributed by atoms with E-state index in [0.717, 1.165) is 11.3 Å². The van der Waals surface area contributed by atoms with Crippen LogP contribution in [-0.2, 0) is 16.6 Å². The van der Waals surface area contributed by atoms with Crippen molar-refractivity contribution in [3.8, 4) is 5.69 Å². The first-order valence-electron chi connectivity index (χ1n) is 9.43. The summed E-state index contributed by atoms with van der Waals surface area (Å²) in [7, 11) is -3.48. The zero-order valence-electron chi connectivity index (χ0n) is 16.4. The second kappa shape index (κ2) is 9.02. The van der Waals surface area contributed by atoms with Gasteiger partial charge in [0.25, 0.3) is 5.91 Å². The topological polar surface area (TPSA) is 84.3 Å². The van der Waals surface area contributed by atoms with Gasteiger partial charge in [0.05, 0.1) is 22.3 Å². The van der Waals surface area contributed by atoms with Gasteiger partial charge in [-0.1, -0.05) is 44.2 Å². The third-order valence-electron chi connectivity index (χ3n) is 4.59. The Morgan fingerprint density at radius 3 is 2.31 bits per heavy atom. The monoisotopic (exact) mass is 412 g/mol. The molecular formula is C21H24N4O3S. The number of sulfonamides is 1. The highest BCUT2D eigenvalue weighted by Gasteiger charge is 2.21. The molecule has 0 aliphatic heterocycles. The molecule has 1 N–H and O–H groups in total. The molecule has 0 radical (unpaired) electrons. The molecular weight excluding hydrogens is 388 g/mol. The third kappa shape index (κ3) is 4.72. The summed E-state index contributed by atoms with van der Waals surface area (Å²) in [6.45, 7) is 4.76. The van der Waals surface area contributed by atoms with Gasteiger partial charge in [-0.05, 0) is 29.8 Å².